The van der Waals surface area contributed by atoms with Crippen LogP contribution in [0.15, 0.2) is 82.7 Å². The fraction of sp³-hybridized carbons (Fsp3) is 0.179. The molecule has 0 unspecified atom stereocenters. The SMILES string of the molecule is CCOc1cc(/C=C2\SC(=Nc3ccc(C)cc3)N(Cc3ccccc3)C2=O)ccc1OCC(=O)O. The Bertz CT molecular complexity index is 1300. The molecule has 1 saturated heterocycles. The summed E-state index contributed by atoms with van der Waals surface area (Å²) in [6, 6.07) is 22.8. The summed E-state index contributed by atoms with van der Waals surface area (Å²) in [5.74, 6) is -0.466. The van der Waals surface area contributed by atoms with Gasteiger partial charge in [-0.2, -0.15) is 0 Å². The molecule has 4 rings (SSSR count). The molecule has 7 nitrogen and oxygen atoms in total. The van der Waals surface area contributed by atoms with Crippen molar-refractivity contribution < 1.29 is 24.2 Å². The third kappa shape index (κ3) is 6.34. The van der Waals surface area contributed by atoms with E-state index in [9.17, 15) is 9.59 Å². The highest BCUT2D eigenvalue weighted by atomic mass is 32.2. The van der Waals surface area contributed by atoms with E-state index in [0.717, 1.165) is 22.4 Å². The summed E-state index contributed by atoms with van der Waals surface area (Å²) in [6.45, 7) is 4.16. The summed E-state index contributed by atoms with van der Waals surface area (Å²) in [6.07, 6.45) is 1.78. The largest absolute Gasteiger partial charge is 0.490 e. The first kappa shape index (κ1) is 25.1. The van der Waals surface area contributed by atoms with E-state index >= 15 is 0 Å². The minimum atomic E-state index is -1.07. The van der Waals surface area contributed by atoms with E-state index < -0.39 is 12.6 Å². The number of carbonyl (C=O) groups is 2. The number of carbonyl (C=O) groups excluding carboxylic acids is 1. The van der Waals surface area contributed by atoms with Gasteiger partial charge in [-0.1, -0.05) is 54.1 Å². The van der Waals surface area contributed by atoms with E-state index in [2.05, 4.69) is 0 Å². The number of aliphatic imine (C=N–C) groups is 1. The van der Waals surface area contributed by atoms with Gasteiger partial charge in [0.1, 0.15) is 0 Å². The molecule has 1 heterocycles. The third-order valence-electron chi connectivity index (χ3n) is 5.25. The molecule has 0 radical (unpaired) electrons. The van der Waals surface area contributed by atoms with Gasteiger partial charge in [-0.05, 0) is 67.1 Å². The van der Waals surface area contributed by atoms with Gasteiger partial charge < -0.3 is 14.6 Å². The number of aliphatic carboxylic acids is 1. The molecule has 0 spiro atoms. The van der Waals surface area contributed by atoms with Crippen LogP contribution in [-0.2, 0) is 16.1 Å². The lowest BCUT2D eigenvalue weighted by Gasteiger charge is -2.15. The Labute approximate surface area is 214 Å². The maximum absolute atomic E-state index is 13.5. The van der Waals surface area contributed by atoms with Crippen LogP contribution in [0.3, 0.4) is 0 Å². The van der Waals surface area contributed by atoms with Gasteiger partial charge in [0.05, 0.1) is 23.7 Å². The zero-order valence-corrected chi connectivity index (χ0v) is 20.8. The number of nitrogens with zero attached hydrogens (tertiary/aromatic N) is 2. The lowest BCUT2D eigenvalue weighted by Crippen LogP contribution is -2.28. The maximum atomic E-state index is 13.5. The normalized spacial score (nSPS) is 15.5. The van der Waals surface area contributed by atoms with Crippen molar-refractivity contribution in [2.75, 3.05) is 13.2 Å². The molecule has 0 aliphatic carbocycles. The highest BCUT2D eigenvalue weighted by molar-refractivity contribution is 8.18. The molecular weight excluding hydrogens is 476 g/mol. The van der Waals surface area contributed by atoms with Gasteiger partial charge in [0, 0.05) is 0 Å². The van der Waals surface area contributed by atoms with Crippen LogP contribution in [0.5, 0.6) is 11.5 Å². The van der Waals surface area contributed by atoms with E-state index in [-0.39, 0.29) is 5.91 Å². The molecule has 0 aromatic heterocycles. The molecule has 1 aliphatic heterocycles. The maximum Gasteiger partial charge on any atom is 0.341 e. The molecule has 1 N–H and O–H groups in total. The minimum absolute atomic E-state index is 0.140. The zero-order valence-electron chi connectivity index (χ0n) is 20.0. The molecule has 36 heavy (non-hydrogen) atoms. The molecule has 3 aromatic rings. The van der Waals surface area contributed by atoms with Crippen molar-refractivity contribution in [3.05, 3.63) is 94.4 Å². The molecule has 0 atom stereocenters. The van der Waals surface area contributed by atoms with E-state index in [1.807, 2.05) is 68.4 Å². The van der Waals surface area contributed by atoms with Crippen LogP contribution in [0.2, 0.25) is 0 Å². The van der Waals surface area contributed by atoms with Crippen LogP contribution in [0.25, 0.3) is 6.08 Å². The molecular formula is C28H26N2O5S. The molecule has 8 heteroatoms. The molecule has 1 amide bonds. The van der Waals surface area contributed by atoms with Crippen LogP contribution in [0, 0.1) is 6.92 Å². The summed E-state index contributed by atoms with van der Waals surface area (Å²) in [5, 5.41) is 9.51. The van der Waals surface area contributed by atoms with Crippen LogP contribution < -0.4 is 9.47 Å². The number of aryl methyl sites for hydroxylation is 1. The van der Waals surface area contributed by atoms with E-state index in [1.54, 1.807) is 29.2 Å². The quantitative estimate of drug-likeness (QED) is 0.380. The number of carboxylic acid groups (broad SMARTS) is 1. The minimum Gasteiger partial charge on any atom is -0.490 e. The number of benzene rings is 3. The van der Waals surface area contributed by atoms with Crippen molar-refractivity contribution in [2.24, 2.45) is 4.99 Å². The highest BCUT2D eigenvalue weighted by Gasteiger charge is 2.33. The van der Waals surface area contributed by atoms with Crippen LogP contribution >= 0.6 is 11.8 Å². The summed E-state index contributed by atoms with van der Waals surface area (Å²) in [7, 11) is 0. The van der Waals surface area contributed by atoms with Crippen molar-refractivity contribution in [3.63, 3.8) is 0 Å². The number of ether oxygens (including phenoxy) is 2. The zero-order chi connectivity index (χ0) is 25.5. The molecule has 0 bridgehead atoms. The molecule has 0 saturated carbocycles. The Morgan fingerprint density at radius 2 is 1.78 bits per heavy atom. The first-order valence-electron chi connectivity index (χ1n) is 11.4. The predicted molar refractivity (Wildman–Crippen MR) is 142 cm³/mol. The van der Waals surface area contributed by atoms with Crippen molar-refractivity contribution in [1.82, 2.24) is 4.90 Å². The summed E-state index contributed by atoms with van der Waals surface area (Å²) < 4.78 is 11.0. The van der Waals surface area contributed by atoms with Gasteiger partial charge in [-0.3, -0.25) is 9.69 Å². The molecule has 3 aromatic carbocycles. The lowest BCUT2D eigenvalue weighted by atomic mass is 10.1. The predicted octanol–water partition coefficient (Wildman–Crippen LogP) is 5.66. The number of amidine groups is 1. The second kappa shape index (κ2) is 11.6. The van der Waals surface area contributed by atoms with Crippen molar-refractivity contribution in [3.8, 4) is 11.5 Å². The van der Waals surface area contributed by atoms with Crippen molar-refractivity contribution >= 4 is 40.6 Å². The first-order valence-corrected chi connectivity index (χ1v) is 12.3. The average molecular weight is 503 g/mol. The Kier molecular flexibility index (Phi) is 8.07. The van der Waals surface area contributed by atoms with Gasteiger partial charge in [0.15, 0.2) is 23.3 Å². The summed E-state index contributed by atoms with van der Waals surface area (Å²) in [5.41, 5.74) is 3.64. The molecule has 1 fully saturated rings. The standard InChI is InChI=1S/C28H26N2O5S/c1-3-34-24-15-21(11-14-23(24)35-18-26(31)32)16-25-27(33)30(17-20-7-5-4-6-8-20)28(36-25)29-22-12-9-19(2)10-13-22/h4-16H,3,17-18H2,1-2H3,(H,31,32)/b25-16-,29-28?. The number of thioether (sulfide) groups is 1. The molecule has 184 valence electrons. The van der Waals surface area contributed by atoms with Crippen LogP contribution in [-0.4, -0.2) is 40.3 Å². The topological polar surface area (TPSA) is 88.4 Å². The Morgan fingerprint density at radius 3 is 2.47 bits per heavy atom. The van der Waals surface area contributed by atoms with E-state index in [4.69, 9.17) is 19.6 Å². The monoisotopic (exact) mass is 502 g/mol. The van der Waals surface area contributed by atoms with Crippen molar-refractivity contribution in [1.29, 1.82) is 0 Å². The highest BCUT2D eigenvalue weighted by Crippen LogP contribution is 2.36. The van der Waals surface area contributed by atoms with Crippen LogP contribution in [0.4, 0.5) is 5.69 Å². The number of carboxylic acids is 1. The number of rotatable bonds is 9. The Balaban J connectivity index is 1.66. The number of hydrogen-bond donors (Lipinski definition) is 1. The Hall–Kier alpha value is -4.04. The van der Waals surface area contributed by atoms with Gasteiger partial charge >= 0.3 is 5.97 Å². The smallest absolute Gasteiger partial charge is 0.341 e. The number of hydrogen-bond acceptors (Lipinski definition) is 6. The molecule has 1 aliphatic rings. The van der Waals surface area contributed by atoms with E-state index in [1.165, 1.54) is 11.8 Å². The van der Waals surface area contributed by atoms with Crippen molar-refractivity contribution in [2.45, 2.75) is 20.4 Å². The van der Waals surface area contributed by atoms with Gasteiger partial charge in [-0.15, -0.1) is 0 Å². The average Bonchev–Trinajstić information content (AvgIpc) is 3.14. The van der Waals surface area contributed by atoms with Gasteiger partial charge in [-0.25, -0.2) is 9.79 Å². The first-order chi connectivity index (χ1) is 17.4. The Morgan fingerprint density at radius 1 is 1.03 bits per heavy atom. The second-order valence-electron chi connectivity index (χ2n) is 8.04. The summed E-state index contributed by atoms with van der Waals surface area (Å²) in [4.78, 5) is 31.3. The van der Waals surface area contributed by atoms with E-state index in [0.29, 0.717) is 34.7 Å². The van der Waals surface area contributed by atoms with Gasteiger partial charge in [0.2, 0.25) is 0 Å². The van der Waals surface area contributed by atoms with Gasteiger partial charge in [0.25, 0.3) is 5.91 Å². The number of amides is 1. The lowest BCUT2D eigenvalue weighted by molar-refractivity contribution is -0.139. The summed E-state index contributed by atoms with van der Waals surface area (Å²) >= 11 is 1.32. The second-order valence-corrected chi connectivity index (χ2v) is 9.05. The van der Waals surface area contributed by atoms with Crippen LogP contribution in [0.1, 0.15) is 23.6 Å². The fourth-order valence-electron chi connectivity index (χ4n) is 3.52. The fourth-order valence-corrected chi connectivity index (χ4v) is 4.52. The third-order valence-corrected chi connectivity index (χ3v) is 6.25.